The van der Waals surface area contributed by atoms with Gasteiger partial charge in [-0.15, -0.1) is 0 Å². The number of carbonyl (C=O) groups excluding carboxylic acids is 2. The smallest absolute Gasteiger partial charge is 0.318 e. The molecule has 0 aromatic rings. The van der Waals surface area contributed by atoms with Crippen molar-refractivity contribution in [3.8, 4) is 0 Å². The van der Waals surface area contributed by atoms with Crippen LogP contribution in [0.3, 0.4) is 0 Å². The van der Waals surface area contributed by atoms with E-state index in [9.17, 15) is 9.59 Å². The van der Waals surface area contributed by atoms with E-state index in [0.29, 0.717) is 26.3 Å². The molecular weight excluding hydrogens is 216 g/mol. The minimum absolute atomic E-state index is 0.0802. The van der Waals surface area contributed by atoms with E-state index >= 15 is 0 Å². The third-order valence-electron chi connectivity index (χ3n) is 2.53. The largest absolute Gasteiger partial charge is 0.378 e. The average Bonchev–Trinajstić information content (AvgIpc) is 2.66. The van der Waals surface area contributed by atoms with Crippen molar-refractivity contribution in [3.63, 3.8) is 0 Å². The topological polar surface area (TPSA) is 58.6 Å². The Morgan fingerprint density at radius 1 is 1.47 bits per heavy atom. The van der Waals surface area contributed by atoms with Gasteiger partial charge < -0.3 is 15.0 Å². The second-order valence-electron chi connectivity index (χ2n) is 3.56. The Balaban J connectivity index is 1.82. The number of hydrogen-bond donors (Lipinski definition) is 1. The molecule has 2 rings (SSSR count). The Morgan fingerprint density at radius 2 is 2.20 bits per heavy atom. The highest BCUT2D eigenvalue weighted by atomic mass is 32.2. The van der Waals surface area contributed by atoms with Gasteiger partial charge in [-0.05, 0) is 6.42 Å². The van der Waals surface area contributed by atoms with E-state index in [-0.39, 0.29) is 17.2 Å². The molecule has 15 heavy (non-hydrogen) atoms. The summed E-state index contributed by atoms with van der Waals surface area (Å²) in [6.07, 6.45) is 0.750. The minimum Gasteiger partial charge on any atom is -0.378 e. The standard InChI is InChI=1S/C9H14N2O3S/c12-8-7(1-6-15-8)10-9(13)11-2-4-14-5-3-11/h7H,1-6H2,(H,10,13). The van der Waals surface area contributed by atoms with Crippen LogP contribution in [0.4, 0.5) is 4.79 Å². The van der Waals surface area contributed by atoms with Crippen LogP contribution in [-0.2, 0) is 9.53 Å². The minimum atomic E-state index is -0.287. The molecule has 0 aromatic carbocycles. The Hall–Kier alpha value is -0.750. The van der Waals surface area contributed by atoms with Gasteiger partial charge in [0.2, 0.25) is 5.12 Å². The summed E-state index contributed by atoms with van der Waals surface area (Å²) in [5.41, 5.74) is 0. The van der Waals surface area contributed by atoms with Gasteiger partial charge in [0.15, 0.2) is 0 Å². The van der Waals surface area contributed by atoms with Crippen LogP contribution in [0.1, 0.15) is 6.42 Å². The Bertz CT molecular complexity index is 266. The first-order valence-electron chi connectivity index (χ1n) is 5.07. The van der Waals surface area contributed by atoms with Crippen LogP contribution in [0.15, 0.2) is 0 Å². The summed E-state index contributed by atoms with van der Waals surface area (Å²) in [4.78, 5) is 24.7. The number of hydrogen-bond acceptors (Lipinski definition) is 4. The van der Waals surface area contributed by atoms with Crippen molar-refractivity contribution in [1.29, 1.82) is 0 Å². The van der Waals surface area contributed by atoms with Gasteiger partial charge >= 0.3 is 6.03 Å². The number of morpholine rings is 1. The molecule has 0 aromatic heterocycles. The number of carbonyl (C=O) groups is 2. The van der Waals surface area contributed by atoms with Crippen LogP contribution >= 0.6 is 11.8 Å². The first kappa shape index (κ1) is 10.8. The van der Waals surface area contributed by atoms with Crippen LogP contribution in [0.25, 0.3) is 0 Å². The van der Waals surface area contributed by atoms with E-state index < -0.39 is 0 Å². The highest BCUT2D eigenvalue weighted by Crippen LogP contribution is 2.19. The maximum Gasteiger partial charge on any atom is 0.318 e. The molecule has 1 atom stereocenters. The van der Waals surface area contributed by atoms with Gasteiger partial charge in [0, 0.05) is 18.8 Å². The molecule has 0 saturated carbocycles. The molecular formula is C9H14N2O3S. The van der Waals surface area contributed by atoms with Crippen molar-refractivity contribution >= 4 is 22.9 Å². The highest BCUT2D eigenvalue weighted by molar-refractivity contribution is 8.14. The second kappa shape index (κ2) is 4.85. The quantitative estimate of drug-likeness (QED) is 0.692. The van der Waals surface area contributed by atoms with Crippen LogP contribution in [-0.4, -0.2) is 54.1 Å². The van der Waals surface area contributed by atoms with E-state index in [1.54, 1.807) is 4.90 Å². The van der Waals surface area contributed by atoms with Gasteiger partial charge in [0.05, 0.1) is 13.2 Å². The predicted molar refractivity (Wildman–Crippen MR) is 56.8 cm³/mol. The van der Waals surface area contributed by atoms with Crippen molar-refractivity contribution in [2.45, 2.75) is 12.5 Å². The first-order chi connectivity index (χ1) is 7.27. The number of thioether (sulfide) groups is 1. The molecule has 1 unspecified atom stereocenters. The zero-order chi connectivity index (χ0) is 10.7. The second-order valence-corrected chi connectivity index (χ2v) is 4.66. The lowest BCUT2D eigenvalue weighted by atomic mass is 10.2. The van der Waals surface area contributed by atoms with Gasteiger partial charge in [-0.25, -0.2) is 4.79 Å². The SMILES string of the molecule is O=C1SCCC1NC(=O)N1CCOCC1. The first-order valence-corrected chi connectivity index (χ1v) is 6.06. The van der Waals surface area contributed by atoms with Gasteiger partial charge in [-0.2, -0.15) is 0 Å². The summed E-state index contributed by atoms with van der Waals surface area (Å²) in [5, 5.41) is 2.84. The molecule has 0 spiro atoms. The molecule has 2 amide bonds. The van der Waals surface area contributed by atoms with Crippen molar-refractivity contribution in [1.82, 2.24) is 10.2 Å². The van der Waals surface area contributed by atoms with Gasteiger partial charge in [0.1, 0.15) is 6.04 Å². The van der Waals surface area contributed by atoms with Gasteiger partial charge in [-0.1, -0.05) is 11.8 Å². The number of rotatable bonds is 1. The fraction of sp³-hybridized carbons (Fsp3) is 0.778. The van der Waals surface area contributed by atoms with E-state index in [2.05, 4.69) is 5.32 Å². The van der Waals surface area contributed by atoms with Crippen molar-refractivity contribution in [3.05, 3.63) is 0 Å². The molecule has 2 aliphatic heterocycles. The molecule has 0 radical (unpaired) electrons. The lowest BCUT2D eigenvalue weighted by molar-refractivity contribution is -0.112. The fourth-order valence-corrected chi connectivity index (χ4v) is 2.57. The summed E-state index contributed by atoms with van der Waals surface area (Å²) >= 11 is 1.30. The zero-order valence-electron chi connectivity index (χ0n) is 8.40. The summed E-state index contributed by atoms with van der Waals surface area (Å²) < 4.78 is 5.15. The Kier molecular flexibility index (Phi) is 3.48. The third-order valence-corrected chi connectivity index (χ3v) is 3.54. The maximum absolute atomic E-state index is 11.7. The number of urea groups is 1. The maximum atomic E-state index is 11.7. The van der Waals surface area contributed by atoms with E-state index in [4.69, 9.17) is 4.74 Å². The molecule has 2 saturated heterocycles. The van der Waals surface area contributed by atoms with E-state index in [1.807, 2.05) is 0 Å². The van der Waals surface area contributed by atoms with E-state index in [0.717, 1.165) is 12.2 Å². The summed E-state index contributed by atoms with van der Waals surface area (Å²) in [6.45, 7) is 2.39. The number of nitrogens with one attached hydrogen (secondary N) is 1. The number of ether oxygens (including phenoxy) is 1. The van der Waals surface area contributed by atoms with Gasteiger partial charge in [0.25, 0.3) is 0 Å². The van der Waals surface area contributed by atoms with E-state index in [1.165, 1.54) is 11.8 Å². The Labute approximate surface area is 92.5 Å². The average molecular weight is 230 g/mol. The lowest BCUT2D eigenvalue weighted by Crippen LogP contribution is -2.50. The molecule has 0 aliphatic carbocycles. The van der Waals surface area contributed by atoms with Crippen molar-refractivity contribution in [2.24, 2.45) is 0 Å². The summed E-state index contributed by atoms with van der Waals surface area (Å²) in [6, 6.07) is -0.426. The predicted octanol–water partition coefficient (Wildman–Crippen LogP) is 0.0603. The van der Waals surface area contributed by atoms with Crippen LogP contribution in [0, 0.1) is 0 Å². The molecule has 84 valence electrons. The molecule has 5 nitrogen and oxygen atoms in total. The molecule has 2 heterocycles. The van der Waals surface area contributed by atoms with Crippen LogP contribution in [0.2, 0.25) is 0 Å². The number of nitrogens with zero attached hydrogens (tertiary/aromatic N) is 1. The number of amides is 2. The molecule has 6 heteroatoms. The monoisotopic (exact) mass is 230 g/mol. The van der Waals surface area contributed by atoms with Crippen LogP contribution in [0.5, 0.6) is 0 Å². The normalized spacial score (nSPS) is 26.8. The fourth-order valence-electron chi connectivity index (χ4n) is 1.63. The molecule has 2 aliphatic rings. The third kappa shape index (κ3) is 2.63. The highest BCUT2D eigenvalue weighted by Gasteiger charge is 2.28. The Morgan fingerprint density at radius 3 is 2.80 bits per heavy atom. The molecule has 0 bridgehead atoms. The zero-order valence-corrected chi connectivity index (χ0v) is 9.22. The van der Waals surface area contributed by atoms with Crippen LogP contribution < -0.4 is 5.32 Å². The molecule has 2 fully saturated rings. The summed E-state index contributed by atoms with van der Waals surface area (Å²) in [5.74, 6) is 0.812. The van der Waals surface area contributed by atoms with Crippen molar-refractivity contribution < 1.29 is 14.3 Å². The summed E-state index contributed by atoms with van der Waals surface area (Å²) in [7, 11) is 0. The lowest BCUT2D eigenvalue weighted by Gasteiger charge is -2.27. The molecule has 1 N–H and O–H groups in total. The van der Waals surface area contributed by atoms with Gasteiger partial charge in [-0.3, -0.25) is 4.79 Å². The van der Waals surface area contributed by atoms with Crippen molar-refractivity contribution in [2.75, 3.05) is 32.1 Å².